The summed E-state index contributed by atoms with van der Waals surface area (Å²) in [5.41, 5.74) is 1.06. The molecule has 1 amide bonds. The SMILES string of the molecule is Cc1nc(-c2ccc(CCNC(=O)C3CCCCN3)s2)cs1. The van der Waals surface area contributed by atoms with Crippen molar-refractivity contribution in [2.24, 2.45) is 0 Å². The van der Waals surface area contributed by atoms with Crippen LogP contribution in [0.4, 0.5) is 0 Å². The van der Waals surface area contributed by atoms with Crippen molar-refractivity contribution in [2.45, 2.75) is 38.6 Å². The van der Waals surface area contributed by atoms with E-state index in [1.165, 1.54) is 16.2 Å². The summed E-state index contributed by atoms with van der Waals surface area (Å²) in [4.78, 5) is 19.1. The normalized spacial score (nSPS) is 18.3. The average molecular weight is 335 g/mol. The van der Waals surface area contributed by atoms with Gasteiger partial charge in [0, 0.05) is 16.8 Å². The lowest BCUT2D eigenvalue weighted by molar-refractivity contribution is -0.123. The van der Waals surface area contributed by atoms with Crippen LogP contribution in [0.15, 0.2) is 17.5 Å². The van der Waals surface area contributed by atoms with Gasteiger partial charge in [-0.2, -0.15) is 0 Å². The minimum Gasteiger partial charge on any atom is -0.354 e. The fourth-order valence-corrected chi connectivity index (χ4v) is 4.29. The maximum Gasteiger partial charge on any atom is 0.237 e. The number of carbonyl (C=O) groups excluding carboxylic acids is 1. The molecule has 2 aromatic heterocycles. The summed E-state index contributed by atoms with van der Waals surface area (Å²) in [5, 5.41) is 9.52. The third-order valence-corrected chi connectivity index (χ3v) is 5.77. The predicted octanol–water partition coefficient (Wildman–Crippen LogP) is 2.98. The first-order chi connectivity index (χ1) is 10.7. The molecule has 1 aliphatic heterocycles. The number of piperidine rings is 1. The van der Waals surface area contributed by atoms with Gasteiger partial charge >= 0.3 is 0 Å². The molecule has 3 rings (SSSR count). The first-order valence-electron chi connectivity index (χ1n) is 7.75. The van der Waals surface area contributed by atoms with Crippen molar-refractivity contribution in [3.63, 3.8) is 0 Å². The van der Waals surface area contributed by atoms with Crippen molar-refractivity contribution in [2.75, 3.05) is 13.1 Å². The maximum atomic E-state index is 12.0. The van der Waals surface area contributed by atoms with Gasteiger partial charge in [-0.1, -0.05) is 6.42 Å². The lowest BCUT2D eigenvalue weighted by Crippen LogP contribution is -2.47. The quantitative estimate of drug-likeness (QED) is 0.883. The van der Waals surface area contributed by atoms with Crippen LogP contribution in [-0.2, 0) is 11.2 Å². The fourth-order valence-electron chi connectivity index (χ4n) is 2.63. The topological polar surface area (TPSA) is 54.0 Å². The van der Waals surface area contributed by atoms with Gasteiger partial charge in [-0.05, 0) is 44.9 Å². The van der Waals surface area contributed by atoms with Crippen molar-refractivity contribution in [3.05, 3.63) is 27.4 Å². The molecule has 6 heteroatoms. The summed E-state index contributed by atoms with van der Waals surface area (Å²) in [7, 11) is 0. The van der Waals surface area contributed by atoms with E-state index in [1.807, 2.05) is 6.92 Å². The molecule has 0 aliphatic carbocycles. The lowest BCUT2D eigenvalue weighted by Gasteiger charge is -2.22. The molecule has 118 valence electrons. The molecular weight excluding hydrogens is 314 g/mol. The molecule has 1 fully saturated rings. The van der Waals surface area contributed by atoms with Gasteiger partial charge in [-0.3, -0.25) is 4.79 Å². The van der Waals surface area contributed by atoms with E-state index in [4.69, 9.17) is 0 Å². The van der Waals surface area contributed by atoms with Gasteiger partial charge in [-0.25, -0.2) is 4.98 Å². The second-order valence-corrected chi connectivity index (χ2v) is 7.79. The number of carbonyl (C=O) groups is 1. The number of aromatic nitrogens is 1. The maximum absolute atomic E-state index is 12.0. The highest BCUT2D eigenvalue weighted by molar-refractivity contribution is 7.16. The van der Waals surface area contributed by atoms with Crippen LogP contribution in [0.25, 0.3) is 10.6 Å². The number of thiazole rings is 1. The van der Waals surface area contributed by atoms with Crippen molar-refractivity contribution in [1.82, 2.24) is 15.6 Å². The second-order valence-electron chi connectivity index (χ2n) is 5.56. The smallest absolute Gasteiger partial charge is 0.237 e. The average Bonchev–Trinajstić information content (AvgIpc) is 3.17. The van der Waals surface area contributed by atoms with Gasteiger partial charge in [0.25, 0.3) is 0 Å². The summed E-state index contributed by atoms with van der Waals surface area (Å²) in [5.74, 6) is 0.145. The zero-order valence-corrected chi connectivity index (χ0v) is 14.4. The molecule has 0 saturated carbocycles. The number of hydrogen-bond donors (Lipinski definition) is 2. The van der Waals surface area contributed by atoms with E-state index >= 15 is 0 Å². The van der Waals surface area contributed by atoms with Crippen LogP contribution in [0.1, 0.15) is 29.1 Å². The van der Waals surface area contributed by atoms with Gasteiger partial charge in [0.2, 0.25) is 5.91 Å². The van der Waals surface area contributed by atoms with Crippen molar-refractivity contribution >= 4 is 28.6 Å². The number of nitrogens with zero attached hydrogens (tertiary/aromatic N) is 1. The van der Waals surface area contributed by atoms with E-state index in [0.717, 1.165) is 36.5 Å². The lowest BCUT2D eigenvalue weighted by atomic mass is 10.0. The van der Waals surface area contributed by atoms with Crippen molar-refractivity contribution in [3.8, 4) is 10.6 Å². The Hall–Kier alpha value is -1.24. The standard InChI is InChI=1S/C16H21N3OS2/c1-11-19-14(10-21-11)15-6-5-12(22-15)7-9-18-16(20)13-4-2-3-8-17-13/h5-6,10,13,17H,2-4,7-9H2,1H3,(H,18,20). The summed E-state index contributed by atoms with van der Waals surface area (Å²) in [6.07, 6.45) is 4.16. The molecular formula is C16H21N3OS2. The number of thiophene rings is 1. The molecule has 22 heavy (non-hydrogen) atoms. The first kappa shape index (κ1) is 15.6. The Morgan fingerprint density at radius 1 is 1.45 bits per heavy atom. The molecule has 0 aromatic carbocycles. The van der Waals surface area contributed by atoms with Crippen LogP contribution in [0, 0.1) is 6.92 Å². The number of nitrogens with one attached hydrogen (secondary N) is 2. The summed E-state index contributed by atoms with van der Waals surface area (Å²) < 4.78 is 0. The number of amides is 1. The third kappa shape index (κ3) is 3.94. The van der Waals surface area contributed by atoms with Crippen LogP contribution < -0.4 is 10.6 Å². The highest BCUT2D eigenvalue weighted by Gasteiger charge is 2.19. The molecule has 0 radical (unpaired) electrons. The first-order valence-corrected chi connectivity index (χ1v) is 9.44. The van der Waals surface area contributed by atoms with E-state index in [9.17, 15) is 4.79 Å². The second kappa shape index (κ2) is 7.35. The van der Waals surface area contributed by atoms with Gasteiger partial charge in [0.1, 0.15) is 0 Å². The molecule has 0 bridgehead atoms. The van der Waals surface area contributed by atoms with Crippen LogP contribution in [0.5, 0.6) is 0 Å². The van der Waals surface area contributed by atoms with Crippen LogP contribution in [0.3, 0.4) is 0 Å². The Morgan fingerprint density at radius 2 is 2.36 bits per heavy atom. The Morgan fingerprint density at radius 3 is 3.09 bits per heavy atom. The highest BCUT2D eigenvalue weighted by atomic mass is 32.1. The molecule has 1 saturated heterocycles. The van der Waals surface area contributed by atoms with Crippen LogP contribution >= 0.6 is 22.7 Å². The van der Waals surface area contributed by atoms with E-state index in [2.05, 4.69) is 33.1 Å². The van der Waals surface area contributed by atoms with Crippen LogP contribution in [0.2, 0.25) is 0 Å². The van der Waals surface area contributed by atoms with E-state index in [-0.39, 0.29) is 11.9 Å². The molecule has 0 spiro atoms. The minimum atomic E-state index is 0.00521. The largest absolute Gasteiger partial charge is 0.354 e. The Bertz CT molecular complexity index is 629. The zero-order chi connectivity index (χ0) is 15.4. The number of rotatable bonds is 5. The monoisotopic (exact) mass is 335 g/mol. The highest BCUT2D eigenvalue weighted by Crippen LogP contribution is 2.29. The number of aryl methyl sites for hydroxylation is 1. The molecule has 3 heterocycles. The minimum absolute atomic E-state index is 0.00521. The predicted molar refractivity (Wildman–Crippen MR) is 92.5 cm³/mol. The van der Waals surface area contributed by atoms with E-state index in [0.29, 0.717) is 6.54 Å². The molecule has 4 nitrogen and oxygen atoms in total. The van der Waals surface area contributed by atoms with E-state index in [1.54, 1.807) is 22.7 Å². The number of hydrogen-bond acceptors (Lipinski definition) is 5. The molecule has 1 atom stereocenters. The van der Waals surface area contributed by atoms with Crippen molar-refractivity contribution < 1.29 is 4.79 Å². The molecule has 2 N–H and O–H groups in total. The Kier molecular flexibility index (Phi) is 5.23. The Balaban J connectivity index is 1.47. The molecule has 1 aliphatic rings. The summed E-state index contributed by atoms with van der Waals surface area (Å²) in [6.45, 7) is 3.68. The third-order valence-electron chi connectivity index (χ3n) is 3.83. The molecule has 1 unspecified atom stereocenters. The molecule has 2 aromatic rings. The Labute approximate surface area is 139 Å². The van der Waals surface area contributed by atoms with Gasteiger partial charge in [-0.15, -0.1) is 22.7 Å². The van der Waals surface area contributed by atoms with Crippen molar-refractivity contribution in [1.29, 1.82) is 0 Å². The van der Waals surface area contributed by atoms with Gasteiger partial charge in [0.05, 0.1) is 21.6 Å². The summed E-state index contributed by atoms with van der Waals surface area (Å²) in [6, 6.07) is 4.27. The van der Waals surface area contributed by atoms with Crippen LogP contribution in [-0.4, -0.2) is 30.0 Å². The van der Waals surface area contributed by atoms with Gasteiger partial charge < -0.3 is 10.6 Å². The fraction of sp³-hybridized carbons (Fsp3) is 0.500. The zero-order valence-electron chi connectivity index (χ0n) is 12.7. The van der Waals surface area contributed by atoms with E-state index < -0.39 is 0 Å². The summed E-state index contributed by atoms with van der Waals surface area (Å²) >= 11 is 3.44. The van der Waals surface area contributed by atoms with Gasteiger partial charge in [0.15, 0.2) is 0 Å².